The molecule has 0 aliphatic carbocycles. The molecule has 3 heterocycles. The van der Waals surface area contributed by atoms with E-state index >= 15 is 0 Å². The van der Waals surface area contributed by atoms with Crippen LogP contribution in [0.1, 0.15) is 28.9 Å². The molecule has 2 fully saturated rings. The minimum absolute atomic E-state index is 0.0852. The van der Waals surface area contributed by atoms with Crippen LogP contribution in [0.3, 0.4) is 0 Å². The predicted octanol–water partition coefficient (Wildman–Crippen LogP) is -0.415. The van der Waals surface area contributed by atoms with Crippen molar-refractivity contribution in [2.45, 2.75) is 61.0 Å². The standard InChI is InChI=1S/C37H38O18/c1-51-20-10-14(2-8-17(20)41)3-9-23(43)55-37-32(49)28(45)22(13-39)54-36(37)25-29(46)24-18(42)11-19(15-4-6-16(40)7-5-15)52-34(24)26(30(25)47)35-33(50)31(48)27(44)21(12-38)53-35/h2-11,21-22,27-28,31-33,35-41,44-50H,12-13H2,1H3/b9-3-/t21-,22+,27-,28+,31+,32-,33-,35+,36-,37+/m0/s1. The number of aliphatic hydroxyl groups excluding tert-OH is 7. The molecule has 1 aromatic heterocycles. The van der Waals surface area contributed by atoms with Gasteiger partial charge in [0.05, 0.1) is 31.5 Å². The van der Waals surface area contributed by atoms with E-state index in [1.165, 1.54) is 55.7 Å². The molecule has 2 aliphatic rings. The van der Waals surface area contributed by atoms with Crippen molar-refractivity contribution in [1.29, 1.82) is 0 Å². The molecule has 0 amide bonds. The Morgan fingerprint density at radius 2 is 1.40 bits per heavy atom. The molecule has 18 heteroatoms. The number of hydrogen-bond acceptors (Lipinski definition) is 18. The molecule has 55 heavy (non-hydrogen) atoms. The summed E-state index contributed by atoms with van der Waals surface area (Å²) in [6.45, 7) is -1.84. The second-order valence-corrected chi connectivity index (χ2v) is 12.9. The lowest BCUT2D eigenvalue weighted by molar-refractivity contribution is -0.240. The van der Waals surface area contributed by atoms with E-state index in [-0.39, 0.29) is 28.6 Å². The molecule has 3 aromatic carbocycles. The first kappa shape index (κ1) is 39.4. The molecule has 0 saturated carbocycles. The minimum Gasteiger partial charge on any atom is -0.508 e. The molecule has 6 rings (SSSR count). The van der Waals surface area contributed by atoms with E-state index in [0.29, 0.717) is 5.56 Å². The third-order valence-corrected chi connectivity index (χ3v) is 9.54. The third-order valence-electron chi connectivity index (χ3n) is 9.54. The summed E-state index contributed by atoms with van der Waals surface area (Å²) >= 11 is 0. The summed E-state index contributed by atoms with van der Waals surface area (Å²) in [5.74, 6) is -3.67. The van der Waals surface area contributed by atoms with Gasteiger partial charge in [-0.3, -0.25) is 4.79 Å². The summed E-state index contributed by atoms with van der Waals surface area (Å²) in [4.78, 5) is 27.1. The molecule has 18 nitrogen and oxygen atoms in total. The van der Waals surface area contributed by atoms with Crippen LogP contribution in [0.25, 0.3) is 28.4 Å². The average Bonchev–Trinajstić information content (AvgIpc) is 3.16. The quantitative estimate of drug-likeness (QED) is 0.0761. The second-order valence-electron chi connectivity index (χ2n) is 12.9. The number of aromatic hydroxyl groups is 4. The maximum Gasteiger partial charge on any atom is 0.331 e. The van der Waals surface area contributed by atoms with Gasteiger partial charge < -0.3 is 79.5 Å². The van der Waals surface area contributed by atoms with E-state index in [9.17, 15) is 65.8 Å². The molecule has 4 aromatic rings. The number of esters is 1. The van der Waals surface area contributed by atoms with Gasteiger partial charge in [-0.2, -0.15) is 0 Å². The van der Waals surface area contributed by atoms with Crippen molar-refractivity contribution in [2.75, 3.05) is 20.3 Å². The zero-order valence-electron chi connectivity index (χ0n) is 28.7. The van der Waals surface area contributed by atoms with Crippen molar-refractivity contribution in [2.24, 2.45) is 0 Å². The number of aliphatic hydroxyl groups is 7. The first-order valence-electron chi connectivity index (χ1n) is 16.7. The highest BCUT2D eigenvalue weighted by Gasteiger charge is 2.51. The first-order valence-corrected chi connectivity index (χ1v) is 16.7. The molecule has 0 spiro atoms. The monoisotopic (exact) mass is 770 g/mol. The topological polar surface area (TPSA) is 307 Å². The van der Waals surface area contributed by atoms with E-state index in [4.69, 9.17) is 23.4 Å². The summed E-state index contributed by atoms with van der Waals surface area (Å²) in [5, 5.41) is 117. The van der Waals surface area contributed by atoms with Crippen LogP contribution in [0.2, 0.25) is 0 Å². The molecule has 0 unspecified atom stereocenters. The van der Waals surface area contributed by atoms with Crippen molar-refractivity contribution < 1.29 is 84.3 Å². The Bertz CT molecular complexity index is 2130. The highest BCUT2D eigenvalue weighted by Crippen LogP contribution is 2.51. The number of phenolic OH excluding ortho intramolecular Hbond substituents is 4. The molecule has 0 bridgehead atoms. The second kappa shape index (κ2) is 15.8. The van der Waals surface area contributed by atoms with Gasteiger partial charge in [0.2, 0.25) is 0 Å². The van der Waals surface area contributed by atoms with Crippen LogP contribution in [0.4, 0.5) is 0 Å². The van der Waals surface area contributed by atoms with Crippen LogP contribution in [0, 0.1) is 0 Å². The van der Waals surface area contributed by atoms with Crippen molar-refractivity contribution in [3.8, 4) is 40.1 Å². The van der Waals surface area contributed by atoms with Crippen molar-refractivity contribution in [3.63, 3.8) is 0 Å². The summed E-state index contributed by atoms with van der Waals surface area (Å²) in [7, 11) is 1.31. The van der Waals surface area contributed by atoms with Gasteiger partial charge in [-0.25, -0.2) is 4.79 Å². The van der Waals surface area contributed by atoms with Crippen molar-refractivity contribution in [3.05, 3.63) is 81.5 Å². The van der Waals surface area contributed by atoms with E-state index in [1.807, 2.05) is 0 Å². The van der Waals surface area contributed by atoms with E-state index < -0.39 is 119 Å². The third kappa shape index (κ3) is 7.30. The fourth-order valence-corrected chi connectivity index (χ4v) is 6.64. The Labute approximate surface area is 310 Å². The SMILES string of the molecule is COc1cc(/C=C\C(=O)O[C@@H]2[C@@H](O)[C@H](O)[C@@H](CO)O[C@H]2c2c(O)c([C@H]3O[C@@H](CO)[C@H](O)[C@@H](O)[C@@H]3O)c3oc(-c4ccc(O)cc4)cc(=O)c3c2O)ccc1O. The highest BCUT2D eigenvalue weighted by molar-refractivity contribution is 5.92. The number of hydrogen-bond donors (Lipinski definition) is 11. The number of ether oxygens (including phenoxy) is 4. The smallest absolute Gasteiger partial charge is 0.331 e. The molecule has 2 saturated heterocycles. The van der Waals surface area contributed by atoms with Gasteiger partial charge in [-0.1, -0.05) is 6.07 Å². The first-order chi connectivity index (χ1) is 26.2. The summed E-state index contributed by atoms with van der Waals surface area (Å²) in [5.41, 5.74) is -2.41. The van der Waals surface area contributed by atoms with Crippen LogP contribution in [-0.2, 0) is 19.0 Å². The number of methoxy groups -OCH3 is 1. The molecule has 11 N–H and O–H groups in total. The Hall–Kier alpha value is -5.28. The number of fused-ring (bicyclic) bond motifs is 1. The molecule has 294 valence electrons. The van der Waals surface area contributed by atoms with Crippen LogP contribution in [0.15, 0.2) is 63.8 Å². The lowest BCUT2D eigenvalue weighted by Gasteiger charge is -2.43. The lowest BCUT2D eigenvalue weighted by Crippen LogP contribution is -2.56. The number of carbonyl (C=O) groups excluding carboxylic acids is 1. The van der Waals surface area contributed by atoms with Crippen molar-refractivity contribution >= 4 is 23.0 Å². The highest BCUT2D eigenvalue weighted by atomic mass is 16.6. The number of rotatable bonds is 9. The maximum atomic E-state index is 13.9. The number of carbonyl (C=O) groups is 1. The lowest BCUT2D eigenvalue weighted by atomic mass is 9.85. The molecule has 2 aliphatic heterocycles. The average molecular weight is 771 g/mol. The summed E-state index contributed by atoms with van der Waals surface area (Å²) < 4.78 is 28.1. The fourth-order valence-electron chi connectivity index (χ4n) is 6.64. The van der Waals surface area contributed by atoms with Gasteiger partial charge in [-0.15, -0.1) is 0 Å². The Morgan fingerprint density at radius 3 is 2.04 bits per heavy atom. The molecular formula is C37H38O18. The van der Waals surface area contributed by atoms with Gasteiger partial charge in [0.25, 0.3) is 0 Å². The molecular weight excluding hydrogens is 732 g/mol. The van der Waals surface area contributed by atoms with Gasteiger partial charge in [0.15, 0.2) is 28.6 Å². The molecule has 10 atom stereocenters. The Morgan fingerprint density at radius 1 is 0.764 bits per heavy atom. The van der Waals surface area contributed by atoms with Crippen molar-refractivity contribution in [1.82, 2.24) is 0 Å². The normalized spacial score (nSPS) is 28.4. The van der Waals surface area contributed by atoms with Crippen LogP contribution in [0.5, 0.6) is 28.7 Å². The Balaban J connectivity index is 1.54. The zero-order chi connectivity index (χ0) is 39.9. The predicted molar refractivity (Wildman–Crippen MR) is 186 cm³/mol. The van der Waals surface area contributed by atoms with Gasteiger partial charge in [-0.05, 0) is 48.0 Å². The number of benzene rings is 3. The van der Waals surface area contributed by atoms with Crippen LogP contribution >= 0.6 is 0 Å². The van der Waals surface area contributed by atoms with E-state index in [0.717, 1.165) is 12.1 Å². The maximum absolute atomic E-state index is 13.9. The van der Waals surface area contributed by atoms with Gasteiger partial charge >= 0.3 is 5.97 Å². The van der Waals surface area contributed by atoms with E-state index in [1.54, 1.807) is 0 Å². The summed E-state index contributed by atoms with van der Waals surface area (Å²) in [6.07, 6.45) is -16.9. The fraction of sp³-hybridized carbons (Fsp3) is 0.351. The number of phenols is 4. The largest absolute Gasteiger partial charge is 0.508 e. The summed E-state index contributed by atoms with van der Waals surface area (Å²) in [6, 6.07) is 10.4. The van der Waals surface area contributed by atoms with Gasteiger partial charge in [0, 0.05) is 17.7 Å². The van der Waals surface area contributed by atoms with Gasteiger partial charge in [0.1, 0.15) is 83.3 Å². The van der Waals surface area contributed by atoms with Crippen LogP contribution in [-0.4, -0.2) is 131 Å². The van der Waals surface area contributed by atoms with E-state index in [2.05, 4.69) is 0 Å². The Kier molecular flexibility index (Phi) is 11.3. The van der Waals surface area contributed by atoms with Crippen LogP contribution < -0.4 is 10.2 Å². The molecule has 0 radical (unpaired) electrons. The minimum atomic E-state index is -2.09. The zero-order valence-corrected chi connectivity index (χ0v) is 28.7.